The Balaban J connectivity index is 2.17. The van der Waals surface area contributed by atoms with Crippen LogP contribution in [-0.4, -0.2) is 25.0 Å². The summed E-state index contributed by atoms with van der Waals surface area (Å²) in [6.07, 6.45) is -4.12. The summed E-state index contributed by atoms with van der Waals surface area (Å²) in [4.78, 5) is 1.09. The quantitative estimate of drug-likeness (QED) is 0.635. The van der Waals surface area contributed by atoms with Crippen molar-refractivity contribution in [3.05, 3.63) is 29.8 Å². The zero-order valence-corrected chi connectivity index (χ0v) is 9.79. The molecule has 0 aliphatic carbocycles. The van der Waals surface area contributed by atoms with Crippen LogP contribution in [-0.2, 0) is 0 Å². The van der Waals surface area contributed by atoms with Gasteiger partial charge in [-0.25, -0.2) is 0 Å². The molecule has 1 N–H and O–H groups in total. The average Bonchev–Trinajstić information content (AvgIpc) is 2.15. The summed E-state index contributed by atoms with van der Waals surface area (Å²) in [5.41, 5.74) is 1.16. The second-order valence-corrected chi connectivity index (χ2v) is 4.63. The number of benzene rings is 1. The van der Waals surface area contributed by atoms with Gasteiger partial charge in [-0.1, -0.05) is 17.7 Å². The van der Waals surface area contributed by atoms with E-state index in [2.05, 4.69) is 5.32 Å². The molecular formula is C11H14F3NS. The maximum Gasteiger partial charge on any atom is 0.401 e. The van der Waals surface area contributed by atoms with Gasteiger partial charge in [0.1, 0.15) is 0 Å². The number of aryl methyl sites for hydroxylation is 1. The van der Waals surface area contributed by atoms with E-state index in [1.165, 1.54) is 0 Å². The van der Waals surface area contributed by atoms with Gasteiger partial charge >= 0.3 is 6.18 Å². The van der Waals surface area contributed by atoms with Crippen LogP contribution in [0.3, 0.4) is 0 Å². The van der Waals surface area contributed by atoms with Crippen molar-refractivity contribution in [3.63, 3.8) is 0 Å². The molecule has 1 aromatic carbocycles. The molecule has 0 amide bonds. The largest absolute Gasteiger partial charge is 0.401 e. The number of nitrogens with one attached hydrogen (secondary N) is 1. The van der Waals surface area contributed by atoms with E-state index in [0.29, 0.717) is 12.3 Å². The molecule has 0 radical (unpaired) electrons. The SMILES string of the molecule is Cc1cccc(SCCNCC(F)(F)F)c1. The van der Waals surface area contributed by atoms with E-state index in [-0.39, 0.29) is 0 Å². The first-order chi connectivity index (χ1) is 7.47. The lowest BCUT2D eigenvalue weighted by molar-refractivity contribution is -0.124. The third kappa shape index (κ3) is 6.02. The molecule has 0 saturated heterocycles. The first-order valence-electron chi connectivity index (χ1n) is 4.94. The minimum Gasteiger partial charge on any atom is -0.308 e. The number of thioether (sulfide) groups is 1. The van der Waals surface area contributed by atoms with Crippen LogP contribution in [0.15, 0.2) is 29.2 Å². The summed E-state index contributed by atoms with van der Waals surface area (Å²) in [5, 5.41) is 2.36. The Kier molecular flexibility index (Phi) is 5.15. The third-order valence-corrected chi connectivity index (χ3v) is 2.86. The predicted molar refractivity (Wildman–Crippen MR) is 60.8 cm³/mol. The van der Waals surface area contributed by atoms with Gasteiger partial charge in [0.05, 0.1) is 6.54 Å². The molecule has 0 aliphatic heterocycles. The van der Waals surface area contributed by atoms with E-state index in [1.54, 1.807) is 11.8 Å². The Morgan fingerprint density at radius 2 is 2.06 bits per heavy atom. The maximum absolute atomic E-state index is 11.8. The van der Waals surface area contributed by atoms with Crippen molar-refractivity contribution < 1.29 is 13.2 Å². The highest BCUT2D eigenvalue weighted by molar-refractivity contribution is 7.99. The van der Waals surface area contributed by atoms with Crippen molar-refractivity contribution in [2.75, 3.05) is 18.8 Å². The second kappa shape index (κ2) is 6.15. The summed E-state index contributed by atoms with van der Waals surface area (Å²) >= 11 is 1.56. The van der Waals surface area contributed by atoms with Crippen LogP contribution in [0.5, 0.6) is 0 Å². The van der Waals surface area contributed by atoms with Crippen molar-refractivity contribution in [2.45, 2.75) is 18.0 Å². The Morgan fingerprint density at radius 1 is 1.31 bits per heavy atom. The van der Waals surface area contributed by atoms with E-state index in [9.17, 15) is 13.2 Å². The van der Waals surface area contributed by atoms with Crippen LogP contribution < -0.4 is 5.32 Å². The topological polar surface area (TPSA) is 12.0 Å². The minimum atomic E-state index is -4.12. The van der Waals surface area contributed by atoms with Crippen molar-refractivity contribution in [2.24, 2.45) is 0 Å². The van der Waals surface area contributed by atoms with Crippen LogP contribution in [0.4, 0.5) is 13.2 Å². The molecule has 0 heterocycles. The maximum atomic E-state index is 11.8. The van der Waals surface area contributed by atoms with Crippen LogP contribution >= 0.6 is 11.8 Å². The van der Waals surface area contributed by atoms with Gasteiger partial charge in [0.2, 0.25) is 0 Å². The smallest absolute Gasteiger partial charge is 0.308 e. The molecule has 90 valence electrons. The van der Waals surface area contributed by atoms with Crippen molar-refractivity contribution in [1.82, 2.24) is 5.32 Å². The molecule has 0 bridgehead atoms. The molecular weight excluding hydrogens is 235 g/mol. The van der Waals surface area contributed by atoms with E-state index in [1.807, 2.05) is 31.2 Å². The van der Waals surface area contributed by atoms with Gasteiger partial charge < -0.3 is 5.32 Å². The van der Waals surface area contributed by atoms with Crippen molar-refractivity contribution >= 4 is 11.8 Å². The fraction of sp³-hybridized carbons (Fsp3) is 0.455. The van der Waals surface area contributed by atoms with Crippen LogP contribution in [0.2, 0.25) is 0 Å². The van der Waals surface area contributed by atoms with Crippen LogP contribution in [0, 0.1) is 6.92 Å². The molecule has 0 aromatic heterocycles. The summed E-state index contributed by atoms with van der Waals surface area (Å²) in [5.74, 6) is 0.638. The minimum absolute atomic E-state index is 0.359. The van der Waals surface area contributed by atoms with Crippen LogP contribution in [0.1, 0.15) is 5.56 Å². The molecule has 0 atom stereocenters. The number of rotatable bonds is 5. The summed E-state index contributed by atoms with van der Waals surface area (Å²) in [6.45, 7) is 1.44. The Bertz CT molecular complexity index is 325. The molecule has 0 aliphatic rings. The van der Waals surface area contributed by atoms with E-state index in [0.717, 1.165) is 10.5 Å². The lowest BCUT2D eigenvalue weighted by Gasteiger charge is -2.07. The highest BCUT2D eigenvalue weighted by atomic mass is 32.2. The first kappa shape index (κ1) is 13.4. The van der Waals surface area contributed by atoms with Gasteiger partial charge in [-0.3, -0.25) is 0 Å². The van der Waals surface area contributed by atoms with Gasteiger partial charge in [0.25, 0.3) is 0 Å². The average molecular weight is 249 g/mol. The lowest BCUT2D eigenvalue weighted by atomic mass is 10.2. The highest BCUT2D eigenvalue weighted by Crippen LogP contribution is 2.18. The van der Waals surface area contributed by atoms with Gasteiger partial charge in [0, 0.05) is 17.2 Å². The predicted octanol–water partition coefficient (Wildman–Crippen LogP) is 3.24. The molecule has 1 aromatic rings. The number of hydrogen-bond acceptors (Lipinski definition) is 2. The zero-order valence-electron chi connectivity index (χ0n) is 8.97. The molecule has 16 heavy (non-hydrogen) atoms. The number of hydrogen-bond donors (Lipinski definition) is 1. The summed E-state index contributed by atoms with van der Waals surface area (Å²) in [6, 6.07) is 7.92. The van der Waals surface area contributed by atoms with E-state index >= 15 is 0 Å². The van der Waals surface area contributed by atoms with E-state index < -0.39 is 12.7 Å². The Hall–Kier alpha value is -0.680. The molecule has 0 fully saturated rings. The van der Waals surface area contributed by atoms with Gasteiger partial charge in [-0.2, -0.15) is 13.2 Å². The normalized spacial score (nSPS) is 11.8. The summed E-state index contributed by atoms with van der Waals surface area (Å²) in [7, 11) is 0. The lowest BCUT2D eigenvalue weighted by Crippen LogP contribution is -2.30. The van der Waals surface area contributed by atoms with Gasteiger partial charge in [0.15, 0.2) is 0 Å². The molecule has 1 nitrogen and oxygen atoms in total. The first-order valence-corrected chi connectivity index (χ1v) is 5.93. The monoisotopic (exact) mass is 249 g/mol. The van der Waals surface area contributed by atoms with Crippen LogP contribution in [0.25, 0.3) is 0 Å². The van der Waals surface area contributed by atoms with Crippen molar-refractivity contribution in [3.8, 4) is 0 Å². The second-order valence-electron chi connectivity index (χ2n) is 3.46. The zero-order chi connectivity index (χ0) is 12.0. The number of alkyl halides is 3. The molecule has 0 unspecified atom stereocenters. The fourth-order valence-corrected chi connectivity index (χ4v) is 2.10. The fourth-order valence-electron chi connectivity index (χ4n) is 1.18. The summed E-state index contributed by atoms with van der Waals surface area (Å²) < 4.78 is 35.4. The highest BCUT2D eigenvalue weighted by Gasteiger charge is 2.25. The third-order valence-electron chi connectivity index (χ3n) is 1.86. The molecule has 1 rings (SSSR count). The van der Waals surface area contributed by atoms with Gasteiger partial charge in [-0.15, -0.1) is 11.8 Å². The molecule has 0 saturated carbocycles. The molecule has 5 heteroatoms. The Morgan fingerprint density at radius 3 is 2.69 bits per heavy atom. The van der Waals surface area contributed by atoms with Gasteiger partial charge in [-0.05, 0) is 19.1 Å². The standard InChI is InChI=1S/C11H14F3NS/c1-9-3-2-4-10(7-9)16-6-5-15-8-11(12,13)14/h2-4,7,15H,5-6,8H2,1H3. The van der Waals surface area contributed by atoms with E-state index in [4.69, 9.17) is 0 Å². The number of halogens is 3. The Labute approximate surface area is 97.4 Å². The van der Waals surface area contributed by atoms with Crippen molar-refractivity contribution in [1.29, 1.82) is 0 Å². The molecule has 0 spiro atoms.